The van der Waals surface area contributed by atoms with Crippen LogP contribution in [0.4, 0.5) is 0 Å². The quantitative estimate of drug-likeness (QED) is 0.751. The van der Waals surface area contributed by atoms with E-state index in [2.05, 4.69) is 27.7 Å². The molecule has 0 fully saturated rings. The van der Waals surface area contributed by atoms with Crippen molar-refractivity contribution in [2.75, 3.05) is 0 Å². The predicted molar refractivity (Wildman–Crippen MR) is 88.3 cm³/mol. The van der Waals surface area contributed by atoms with Gasteiger partial charge < -0.3 is 10.3 Å². The Bertz CT molecular complexity index is 773. The molecule has 0 aliphatic heterocycles. The summed E-state index contributed by atoms with van der Waals surface area (Å²) >= 11 is 3.41. The fourth-order valence-electron chi connectivity index (χ4n) is 2.02. The van der Waals surface area contributed by atoms with Crippen LogP contribution in [0.1, 0.15) is 5.56 Å². The Kier molecular flexibility index (Phi) is 3.62. The van der Waals surface area contributed by atoms with Gasteiger partial charge in [0.1, 0.15) is 5.69 Å². The highest BCUT2D eigenvalue weighted by molar-refractivity contribution is 9.10. The van der Waals surface area contributed by atoms with Crippen molar-refractivity contribution in [3.8, 4) is 22.6 Å². The molecule has 3 aromatic rings. The first kappa shape index (κ1) is 13.6. The molecule has 0 radical (unpaired) electrons. The van der Waals surface area contributed by atoms with E-state index < -0.39 is 0 Å². The smallest absolute Gasteiger partial charge is 0.167 e. The molecule has 2 aromatic carbocycles. The molecule has 21 heavy (non-hydrogen) atoms. The Morgan fingerprint density at radius 1 is 1.00 bits per heavy atom. The van der Waals surface area contributed by atoms with Gasteiger partial charge in [-0.2, -0.15) is 0 Å². The highest BCUT2D eigenvalue weighted by Gasteiger charge is 2.08. The summed E-state index contributed by atoms with van der Waals surface area (Å²) in [4.78, 5) is 0. The van der Waals surface area contributed by atoms with E-state index in [0.717, 1.165) is 32.6 Å². The molecular weight excluding hydrogens is 328 g/mol. The van der Waals surface area contributed by atoms with Crippen molar-refractivity contribution in [2.45, 2.75) is 0 Å². The summed E-state index contributed by atoms with van der Waals surface area (Å²) in [5.74, 6) is 0.741. The van der Waals surface area contributed by atoms with Crippen LogP contribution in [0.2, 0.25) is 0 Å². The molecule has 3 nitrogen and oxygen atoms in total. The summed E-state index contributed by atoms with van der Waals surface area (Å²) < 4.78 is 6.45. The minimum absolute atomic E-state index is 0.553. The molecule has 0 amide bonds. The third kappa shape index (κ3) is 2.90. The van der Waals surface area contributed by atoms with E-state index in [-0.39, 0.29) is 0 Å². The normalized spacial score (nSPS) is 10.5. The maximum atomic E-state index is 5.66. The highest BCUT2D eigenvalue weighted by Crippen LogP contribution is 2.27. The number of aromatic nitrogens is 1. The van der Waals surface area contributed by atoms with Crippen molar-refractivity contribution in [1.82, 2.24) is 5.16 Å². The van der Waals surface area contributed by atoms with Gasteiger partial charge in [-0.05, 0) is 17.7 Å². The summed E-state index contributed by atoms with van der Waals surface area (Å²) in [5, 5.41) is 4.12. The van der Waals surface area contributed by atoms with Gasteiger partial charge in [0.15, 0.2) is 5.76 Å². The van der Waals surface area contributed by atoms with Crippen LogP contribution in [-0.4, -0.2) is 5.16 Å². The second-order valence-electron chi connectivity index (χ2n) is 4.69. The van der Waals surface area contributed by atoms with Gasteiger partial charge in [0.25, 0.3) is 0 Å². The first-order valence-electron chi connectivity index (χ1n) is 6.41. The Morgan fingerprint density at radius 2 is 1.62 bits per heavy atom. The number of nitrogens with two attached hydrogens (primary N) is 1. The van der Waals surface area contributed by atoms with Crippen molar-refractivity contribution < 1.29 is 4.52 Å². The zero-order valence-electron chi connectivity index (χ0n) is 11.2. The van der Waals surface area contributed by atoms with Crippen LogP contribution in [-0.2, 0) is 0 Å². The van der Waals surface area contributed by atoms with Crippen LogP contribution < -0.4 is 5.73 Å². The molecule has 1 heterocycles. The van der Waals surface area contributed by atoms with Gasteiger partial charge in [-0.1, -0.05) is 64.1 Å². The standard InChI is InChI=1S/C17H13BrN2O/c1-11(19)12-2-4-13(5-3-12)16-10-17(21-20-16)14-6-8-15(18)9-7-14/h2-10H,1,19H2. The van der Waals surface area contributed by atoms with Gasteiger partial charge in [0, 0.05) is 27.4 Å². The number of halogens is 1. The maximum Gasteiger partial charge on any atom is 0.167 e. The Morgan fingerprint density at radius 3 is 2.24 bits per heavy atom. The lowest BCUT2D eigenvalue weighted by Gasteiger charge is -2.00. The molecule has 1 aromatic heterocycles. The maximum absolute atomic E-state index is 5.66. The first-order valence-corrected chi connectivity index (χ1v) is 7.20. The van der Waals surface area contributed by atoms with E-state index in [9.17, 15) is 0 Å². The summed E-state index contributed by atoms with van der Waals surface area (Å²) in [6.45, 7) is 3.72. The Balaban J connectivity index is 1.90. The molecule has 3 rings (SSSR count). The molecule has 0 bridgehead atoms. The molecule has 0 saturated carbocycles. The van der Waals surface area contributed by atoms with Crippen molar-refractivity contribution in [3.05, 3.63) is 71.2 Å². The molecule has 2 N–H and O–H groups in total. The van der Waals surface area contributed by atoms with Gasteiger partial charge in [0.2, 0.25) is 0 Å². The SMILES string of the molecule is C=C(N)c1ccc(-c2cc(-c3ccc(Br)cc3)on2)cc1. The Labute approximate surface area is 131 Å². The van der Waals surface area contributed by atoms with E-state index in [1.807, 2.05) is 54.6 Å². The fourth-order valence-corrected chi connectivity index (χ4v) is 2.28. The zero-order chi connectivity index (χ0) is 14.8. The number of benzene rings is 2. The van der Waals surface area contributed by atoms with Gasteiger partial charge >= 0.3 is 0 Å². The molecule has 0 aliphatic carbocycles. The summed E-state index contributed by atoms with van der Waals surface area (Å²) in [5.41, 5.74) is 9.89. The zero-order valence-corrected chi connectivity index (χ0v) is 12.8. The van der Waals surface area contributed by atoms with Crippen molar-refractivity contribution >= 4 is 21.6 Å². The third-order valence-electron chi connectivity index (χ3n) is 3.19. The van der Waals surface area contributed by atoms with Gasteiger partial charge in [-0.15, -0.1) is 0 Å². The molecule has 0 unspecified atom stereocenters. The minimum Gasteiger partial charge on any atom is -0.399 e. The summed E-state index contributed by atoms with van der Waals surface area (Å²) in [6.07, 6.45) is 0. The van der Waals surface area contributed by atoms with Gasteiger partial charge in [-0.25, -0.2) is 0 Å². The topological polar surface area (TPSA) is 52.0 Å². The number of hydrogen-bond donors (Lipinski definition) is 1. The van der Waals surface area contributed by atoms with E-state index in [4.69, 9.17) is 10.3 Å². The van der Waals surface area contributed by atoms with Gasteiger partial charge in [0.05, 0.1) is 0 Å². The lowest BCUT2D eigenvalue weighted by molar-refractivity contribution is 0.435. The van der Waals surface area contributed by atoms with Crippen LogP contribution >= 0.6 is 15.9 Å². The second kappa shape index (κ2) is 5.58. The number of nitrogens with zero attached hydrogens (tertiary/aromatic N) is 1. The Hall–Kier alpha value is -2.33. The minimum atomic E-state index is 0.553. The average molecular weight is 341 g/mol. The monoisotopic (exact) mass is 340 g/mol. The average Bonchev–Trinajstić information content (AvgIpc) is 2.98. The second-order valence-corrected chi connectivity index (χ2v) is 5.60. The lowest BCUT2D eigenvalue weighted by atomic mass is 10.1. The third-order valence-corrected chi connectivity index (χ3v) is 3.72. The van der Waals surface area contributed by atoms with E-state index in [0.29, 0.717) is 5.70 Å². The molecule has 0 saturated heterocycles. The molecule has 0 atom stereocenters. The van der Waals surface area contributed by atoms with Crippen molar-refractivity contribution in [1.29, 1.82) is 0 Å². The number of rotatable bonds is 3. The van der Waals surface area contributed by atoms with Crippen LogP contribution in [0.5, 0.6) is 0 Å². The summed E-state index contributed by atoms with van der Waals surface area (Å²) in [6, 6.07) is 17.6. The van der Waals surface area contributed by atoms with Crippen LogP contribution in [0.3, 0.4) is 0 Å². The van der Waals surface area contributed by atoms with Crippen molar-refractivity contribution in [2.24, 2.45) is 5.73 Å². The molecule has 0 spiro atoms. The van der Waals surface area contributed by atoms with Crippen LogP contribution in [0.25, 0.3) is 28.3 Å². The first-order chi connectivity index (χ1) is 10.1. The molecule has 4 heteroatoms. The largest absolute Gasteiger partial charge is 0.399 e. The molecular formula is C17H13BrN2O. The molecule has 104 valence electrons. The van der Waals surface area contributed by atoms with Crippen LogP contribution in [0.15, 0.2) is 70.2 Å². The van der Waals surface area contributed by atoms with Crippen LogP contribution in [0, 0.1) is 0 Å². The molecule has 0 aliphatic rings. The van der Waals surface area contributed by atoms with Gasteiger partial charge in [-0.3, -0.25) is 0 Å². The lowest BCUT2D eigenvalue weighted by Crippen LogP contribution is -1.92. The van der Waals surface area contributed by atoms with E-state index >= 15 is 0 Å². The van der Waals surface area contributed by atoms with E-state index in [1.165, 1.54) is 0 Å². The van der Waals surface area contributed by atoms with E-state index in [1.54, 1.807) is 0 Å². The predicted octanol–water partition coefficient (Wildman–Crippen LogP) is 4.70. The fraction of sp³-hybridized carbons (Fsp3) is 0. The highest BCUT2D eigenvalue weighted by atomic mass is 79.9. The van der Waals surface area contributed by atoms with Crippen molar-refractivity contribution in [3.63, 3.8) is 0 Å². The number of hydrogen-bond acceptors (Lipinski definition) is 3. The summed E-state index contributed by atoms with van der Waals surface area (Å²) in [7, 11) is 0.